The number of aromatic amines is 1. The molecule has 20 heavy (non-hydrogen) atoms. The van der Waals surface area contributed by atoms with E-state index >= 15 is 0 Å². The number of aromatic nitrogens is 3. The minimum atomic E-state index is -0.155. The van der Waals surface area contributed by atoms with Crippen LogP contribution in [0.2, 0.25) is 0 Å². The van der Waals surface area contributed by atoms with Crippen LogP contribution in [0.25, 0.3) is 0 Å². The van der Waals surface area contributed by atoms with Gasteiger partial charge in [-0.1, -0.05) is 6.92 Å². The number of aryl methyl sites for hydroxylation is 1. The summed E-state index contributed by atoms with van der Waals surface area (Å²) < 4.78 is 0. The maximum absolute atomic E-state index is 12.5. The van der Waals surface area contributed by atoms with E-state index in [1.807, 2.05) is 26.0 Å². The largest absolute Gasteiger partial charge is 0.395 e. The van der Waals surface area contributed by atoms with E-state index in [9.17, 15) is 4.79 Å². The minimum Gasteiger partial charge on any atom is -0.395 e. The van der Waals surface area contributed by atoms with Crippen LogP contribution in [0.3, 0.4) is 0 Å². The number of nitrogens with zero attached hydrogens (tertiary/aromatic N) is 3. The number of carbonyl (C=O) groups is 1. The maximum Gasteiger partial charge on any atom is 0.276 e. The second kappa shape index (κ2) is 6.18. The lowest BCUT2D eigenvalue weighted by molar-refractivity contribution is 0.0747. The van der Waals surface area contributed by atoms with E-state index in [2.05, 4.69) is 15.2 Å². The number of anilines is 1. The monoisotopic (exact) mass is 273 g/mol. The Kier molecular flexibility index (Phi) is 4.34. The van der Waals surface area contributed by atoms with Crippen LogP contribution in [0.4, 0.5) is 5.69 Å². The van der Waals surface area contributed by atoms with Crippen molar-refractivity contribution in [2.45, 2.75) is 26.8 Å². The zero-order chi connectivity index (χ0) is 14.5. The van der Waals surface area contributed by atoms with Crippen LogP contribution >= 0.6 is 0 Å². The molecule has 6 nitrogen and oxygen atoms in total. The first-order chi connectivity index (χ1) is 9.67. The van der Waals surface area contributed by atoms with Crippen molar-refractivity contribution >= 4 is 11.6 Å². The van der Waals surface area contributed by atoms with Crippen LogP contribution in [0.1, 0.15) is 35.6 Å². The molecular weight excluding hydrogens is 254 g/mol. The first-order valence-corrected chi connectivity index (χ1v) is 6.68. The van der Waals surface area contributed by atoms with Crippen molar-refractivity contribution in [2.75, 3.05) is 12.3 Å². The predicted molar refractivity (Wildman–Crippen MR) is 77.0 cm³/mol. The maximum atomic E-state index is 12.5. The summed E-state index contributed by atoms with van der Waals surface area (Å²) in [7, 11) is 0. The van der Waals surface area contributed by atoms with E-state index in [-0.39, 0.29) is 5.91 Å². The molecule has 0 bridgehead atoms. The quantitative estimate of drug-likeness (QED) is 0.866. The van der Waals surface area contributed by atoms with E-state index in [4.69, 9.17) is 5.73 Å². The Balaban J connectivity index is 2.18. The third-order valence-electron chi connectivity index (χ3n) is 3.23. The Morgan fingerprint density at radius 1 is 1.35 bits per heavy atom. The Labute approximate surface area is 118 Å². The summed E-state index contributed by atoms with van der Waals surface area (Å²) in [5, 5.41) is 6.86. The molecule has 0 aliphatic carbocycles. The normalized spacial score (nSPS) is 10.5. The third kappa shape index (κ3) is 2.79. The first-order valence-electron chi connectivity index (χ1n) is 6.68. The fourth-order valence-corrected chi connectivity index (χ4v) is 2.00. The Hall–Kier alpha value is -2.37. The van der Waals surface area contributed by atoms with Crippen molar-refractivity contribution < 1.29 is 4.79 Å². The molecule has 2 heterocycles. The van der Waals surface area contributed by atoms with Crippen molar-refractivity contribution in [2.24, 2.45) is 0 Å². The molecule has 0 aliphatic heterocycles. The molecule has 0 aliphatic rings. The van der Waals surface area contributed by atoms with Crippen molar-refractivity contribution in [3.05, 3.63) is 41.5 Å². The van der Waals surface area contributed by atoms with E-state index < -0.39 is 0 Å². The van der Waals surface area contributed by atoms with Crippen LogP contribution < -0.4 is 5.73 Å². The lowest BCUT2D eigenvalue weighted by atomic mass is 10.2. The van der Waals surface area contributed by atoms with Crippen LogP contribution in [-0.2, 0) is 13.0 Å². The van der Waals surface area contributed by atoms with Gasteiger partial charge in [0.2, 0.25) is 0 Å². The van der Waals surface area contributed by atoms with Gasteiger partial charge in [-0.3, -0.25) is 14.9 Å². The van der Waals surface area contributed by atoms with Crippen LogP contribution in [0, 0.1) is 0 Å². The minimum absolute atomic E-state index is 0.155. The van der Waals surface area contributed by atoms with E-state index in [0.717, 1.165) is 17.7 Å². The number of pyridine rings is 1. The molecule has 0 aromatic carbocycles. The summed E-state index contributed by atoms with van der Waals surface area (Å²) in [6.45, 7) is 5.01. The molecule has 6 heteroatoms. The lowest BCUT2D eigenvalue weighted by Gasteiger charge is -2.20. The molecule has 2 rings (SSSR count). The molecule has 0 spiro atoms. The molecule has 0 saturated heterocycles. The average Bonchev–Trinajstić information content (AvgIpc) is 2.86. The number of hydrogen-bond acceptors (Lipinski definition) is 4. The van der Waals surface area contributed by atoms with Crippen molar-refractivity contribution in [3.8, 4) is 0 Å². The molecule has 2 aromatic rings. The number of hydrogen-bond donors (Lipinski definition) is 2. The van der Waals surface area contributed by atoms with Gasteiger partial charge in [-0.2, -0.15) is 5.10 Å². The van der Waals surface area contributed by atoms with Crippen molar-refractivity contribution in [1.82, 2.24) is 20.1 Å². The van der Waals surface area contributed by atoms with Crippen LogP contribution in [0.15, 0.2) is 24.5 Å². The molecule has 0 saturated carbocycles. The summed E-state index contributed by atoms with van der Waals surface area (Å²) in [6, 6.07) is 3.78. The highest BCUT2D eigenvalue weighted by atomic mass is 16.2. The summed E-state index contributed by atoms with van der Waals surface area (Å²) in [6.07, 6.45) is 4.15. The molecule has 2 aromatic heterocycles. The zero-order valence-electron chi connectivity index (χ0n) is 11.8. The number of amides is 1. The number of H-pyrrole nitrogens is 1. The Morgan fingerprint density at radius 3 is 2.60 bits per heavy atom. The molecule has 3 N–H and O–H groups in total. The van der Waals surface area contributed by atoms with Gasteiger partial charge in [0, 0.05) is 25.5 Å². The SMILES string of the molecule is CCc1[nH]nc(C(=O)N(CC)Cc2ccncc2)c1N. The number of carbonyl (C=O) groups excluding carboxylic acids is 1. The van der Waals surface area contributed by atoms with Gasteiger partial charge in [0.15, 0.2) is 5.69 Å². The highest BCUT2D eigenvalue weighted by molar-refractivity contribution is 5.97. The highest BCUT2D eigenvalue weighted by Crippen LogP contribution is 2.17. The molecule has 0 atom stereocenters. The number of nitrogens with two attached hydrogens (primary N) is 1. The van der Waals surface area contributed by atoms with Gasteiger partial charge < -0.3 is 10.6 Å². The van der Waals surface area contributed by atoms with Gasteiger partial charge in [-0.15, -0.1) is 0 Å². The van der Waals surface area contributed by atoms with Crippen molar-refractivity contribution in [1.29, 1.82) is 0 Å². The van der Waals surface area contributed by atoms with Gasteiger partial charge in [0.25, 0.3) is 5.91 Å². The predicted octanol–water partition coefficient (Wildman–Crippen LogP) is 1.61. The van der Waals surface area contributed by atoms with Crippen molar-refractivity contribution in [3.63, 3.8) is 0 Å². The fourth-order valence-electron chi connectivity index (χ4n) is 2.00. The summed E-state index contributed by atoms with van der Waals surface area (Å²) in [4.78, 5) is 18.2. The van der Waals surface area contributed by atoms with E-state index in [1.165, 1.54) is 0 Å². The summed E-state index contributed by atoms with van der Waals surface area (Å²) in [5.74, 6) is -0.155. The molecule has 1 amide bonds. The summed E-state index contributed by atoms with van der Waals surface area (Å²) in [5.41, 5.74) is 8.53. The number of nitrogen functional groups attached to an aromatic ring is 1. The number of rotatable bonds is 5. The van der Waals surface area contributed by atoms with Crippen LogP contribution in [-0.4, -0.2) is 32.5 Å². The smallest absolute Gasteiger partial charge is 0.276 e. The van der Waals surface area contributed by atoms with Gasteiger partial charge >= 0.3 is 0 Å². The zero-order valence-corrected chi connectivity index (χ0v) is 11.8. The standard InChI is InChI=1S/C14H19N5O/c1-3-11-12(15)13(18-17-11)14(20)19(4-2)9-10-5-7-16-8-6-10/h5-8H,3-4,9,15H2,1-2H3,(H,17,18). The van der Waals surface area contributed by atoms with Gasteiger partial charge in [0.1, 0.15) is 0 Å². The fraction of sp³-hybridized carbons (Fsp3) is 0.357. The number of nitrogens with one attached hydrogen (secondary N) is 1. The lowest BCUT2D eigenvalue weighted by Crippen LogP contribution is -2.31. The van der Waals surface area contributed by atoms with Crippen LogP contribution in [0.5, 0.6) is 0 Å². The molecule has 0 radical (unpaired) electrons. The molecular formula is C14H19N5O. The first kappa shape index (κ1) is 14.0. The second-order valence-corrected chi connectivity index (χ2v) is 4.49. The topological polar surface area (TPSA) is 87.9 Å². The average molecular weight is 273 g/mol. The molecule has 0 fully saturated rings. The summed E-state index contributed by atoms with van der Waals surface area (Å²) >= 11 is 0. The molecule has 0 unspecified atom stereocenters. The third-order valence-corrected chi connectivity index (χ3v) is 3.23. The Bertz CT molecular complexity index is 579. The van der Waals surface area contributed by atoms with Gasteiger partial charge in [-0.05, 0) is 31.0 Å². The van der Waals surface area contributed by atoms with E-state index in [1.54, 1.807) is 17.3 Å². The highest BCUT2D eigenvalue weighted by Gasteiger charge is 2.21. The Morgan fingerprint density at radius 2 is 2.05 bits per heavy atom. The van der Waals surface area contributed by atoms with E-state index in [0.29, 0.717) is 24.5 Å². The second-order valence-electron chi connectivity index (χ2n) is 4.49. The van der Waals surface area contributed by atoms with Gasteiger partial charge in [-0.25, -0.2) is 0 Å². The van der Waals surface area contributed by atoms with Gasteiger partial charge in [0.05, 0.1) is 11.4 Å². The molecule has 106 valence electrons.